The second kappa shape index (κ2) is 7.51. The molecule has 1 aromatic carbocycles. The molecule has 3 rings (SSSR count). The van der Waals surface area contributed by atoms with Crippen molar-refractivity contribution >= 4 is 5.91 Å². The van der Waals surface area contributed by atoms with Gasteiger partial charge in [0, 0.05) is 24.1 Å². The van der Waals surface area contributed by atoms with Gasteiger partial charge in [0.25, 0.3) is 0 Å². The summed E-state index contributed by atoms with van der Waals surface area (Å²) in [6, 6.07) is 3.92. The maximum Gasteiger partial charge on any atom is 0.227 e. The molecule has 0 spiro atoms. The van der Waals surface area contributed by atoms with Gasteiger partial charge in [-0.25, -0.2) is 0 Å². The topological polar surface area (TPSA) is 115 Å². The fourth-order valence-electron chi connectivity index (χ4n) is 3.68. The summed E-state index contributed by atoms with van der Waals surface area (Å²) in [5.41, 5.74) is 3.28. The first kappa shape index (κ1) is 18.5. The number of piperidine rings is 1. The molecule has 8 nitrogen and oxygen atoms in total. The van der Waals surface area contributed by atoms with Crippen molar-refractivity contribution in [3.63, 3.8) is 0 Å². The summed E-state index contributed by atoms with van der Waals surface area (Å²) >= 11 is 0. The van der Waals surface area contributed by atoms with Crippen LogP contribution in [0.1, 0.15) is 29.5 Å². The third-order valence-corrected chi connectivity index (χ3v) is 5.31. The van der Waals surface area contributed by atoms with Crippen LogP contribution >= 0.6 is 0 Å². The van der Waals surface area contributed by atoms with Gasteiger partial charge in [0.2, 0.25) is 11.7 Å². The van der Waals surface area contributed by atoms with E-state index in [1.807, 2.05) is 26.0 Å². The summed E-state index contributed by atoms with van der Waals surface area (Å²) in [7, 11) is 0. The number of aryl methyl sites for hydroxylation is 2. The van der Waals surface area contributed by atoms with Crippen LogP contribution in [0.3, 0.4) is 0 Å². The van der Waals surface area contributed by atoms with Crippen molar-refractivity contribution in [1.82, 2.24) is 25.5 Å². The summed E-state index contributed by atoms with van der Waals surface area (Å²) in [5.74, 6) is 0.551. The molecule has 1 amide bonds. The van der Waals surface area contributed by atoms with Crippen molar-refractivity contribution in [3.8, 4) is 11.4 Å². The number of likely N-dealkylation sites (tertiary alicyclic amines) is 1. The third kappa shape index (κ3) is 3.61. The number of H-pyrrole nitrogens is 1. The predicted molar refractivity (Wildman–Crippen MR) is 95.2 cm³/mol. The van der Waals surface area contributed by atoms with Crippen LogP contribution < -0.4 is 0 Å². The molecule has 1 fully saturated rings. The molecular formula is C18H25N5O3. The molecule has 1 saturated heterocycles. The number of aliphatic hydroxyl groups excluding tert-OH is 2. The zero-order valence-electron chi connectivity index (χ0n) is 15.2. The van der Waals surface area contributed by atoms with Crippen molar-refractivity contribution in [2.24, 2.45) is 5.41 Å². The molecule has 26 heavy (non-hydrogen) atoms. The fraction of sp³-hybridized carbons (Fsp3) is 0.556. The summed E-state index contributed by atoms with van der Waals surface area (Å²) in [6.07, 6.45) is 1.83. The fourth-order valence-corrected chi connectivity index (χ4v) is 3.68. The van der Waals surface area contributed by atoms with Gasteiger partial charge in [-0.15, -0.1) is 10.2 Å². The molecule has 0 radical (unpaired) electrons. The summed E-state index contributed by atoms with van der Waals surface area (Å²) in [6.45, 7) is 4.80. The van der Waals surface area contributed by atoms with Crippen molar-refractivity contribution in [3.05, 3.63) is 28.8 Å². The van der Waals surface area contributed by atoms with Crippen LogP contribution in [-0.2, 0) is 11.2 Å². The number of aromatic amines is 1. The van der Waals surface area contributed by atoms with Gasteiger partial charge in [-0.1, -0.05) is 0 Å². The Bertz CT molecular complexity index is 748. The Morgan fingerprint density at radius 1 is 1.27 bits per heavy atom. The summed E-state index contributed by atoms with van der Waals surface area (Å²) in [5, 5.41) is 33.3. The van der Waals surface area contributed by atoms with Gasteiger partial charge >= 0.3 is 0 Å². The number of nitrogens with one attached hydrogen (secondary N) is 1. The van der Waals surface area contributed by atoms with Gasteiger partial charge in [-0.2, -0.15) is 5.21 Å². The lowest BCUT2D eigenvalue weighted by Crippen LogP contribution is -2.50. The lowest BCUT2D eigenvalue weighted by Gasteiger charge is -2.40. The van der Waals surface area contributed by atoms with Gasteiger partial charge in [0.05, 0.1) is 19.6 Å². The molecule has 0 bridgehead atoms. The Hall–Kier alpha value is -2.32. The van der Waals surface area contributed by atoms with Gasteiger partial charge in [-0.3, -0.25) is 4.79 Å². The lowest BCUT2D eigenvalue weighted by atomic mass is 9.81. The minimum atomic E-state index is -0.583. The highest BCUT2D eigenvalue weighted by Crippen LogP contribution is 2.30. The molecule has 0 aliphatic carbocycles. The van der Waals surface area contributed by atoms with E-state index in [0.717, 1.165) is 35.1 Å². The number of amides is 1. The molecule has 1 aromatic heterocycles. The maximum atomic E-state index is 12.8. The van der Waals surface area contributed by atoms with Crippen molar-refractivity contribution in [1.29, 1.82) is 0 Å². The van der Waals surface area contributed by atoms with E-state index in [1.54, 1.807) is 4.90 Å². The number of nitrogens with zero attached hydrogens (tertiary/aromatic N) is 4. The number of hydrogen-bond donors (Lipinski definition) is 3. The number of carbonyl (C=O) groups excluding carboxylic acids is 1. The van der Waals surface area contributed by atoms with Crippen LogP contribution in [0.5, 0.6) is 0 Å². The third-order valence-electron chi connectivity index (χ3n) is 5.31. The molecular weight excluding hydrogens is 334 g/mol. The molecule has 2 aromatic rings. The minimum absolute atomic E-state index is 0.0227. The number of aromatic nitrogens is 4. The molecule has 1 aliphatic heterocycles. The second-order valence-corrected chi connectivity index (χ2v) is 7.24. The smallest absolute Gasteiger partial charge is 0.227 e. The highest BCUT2D eigenvalue weighted by atomic mass is 16.3. The number of benzene rings is 1. The molecule has 3 N–H and O–H groups in total. The van der Waals surface area contributed by atoms with Crippen LogP contribution in [-0.4, -0.2) is 67.9 Å². The van der Waals surface area contributed by atoms with Crippen molar-refractivity contribution < 1.29 is 15.0 Å². The Morgan fingerprint density at radius 2 is 1.96 bits per heavy atom. The van der Waals surface area contributed by atoms with Gasteiger partial charge in [0.1, 0.15) is 0 Å². The number of carbonyl (C=O) groups is 1. The Morgan fingerprint density at radius 3 is 2.54 bits per heavy atom. The van der Waals surface area contributed by atoms with E-state index in [1.165, 1.54) is 0 Å². The van der Waals surface area contributed by atoms with Crippen LogP contribution in [0, 0.1) is 19.3 Å². The standard InChI is InChI=1S/C18H25N5O3/c1-12-6-14(17-19-21-22-20-17)7-13(2)15(12)8-16(26)23-5-3-4-18(9-23,10-24)11-25/h6-7,24-25H,3-5,8-11H2,1-2H3,(H,19,20,21,22). The van der Waals surface area contributed by atoms with E-state index >= 15 is 0 Å². The normalized spacial score (nSPS) is 16.7. The van der Waals surface area contributed by atoms with E-state index in [4.69, 9.17) is 0 Å². The van der Waals surface area contributed by atoms with E-state index in [-0.39, 0.29) is 19.1 Å². The molecule has 0 unspecified atom stereocenters. The van der Waals surface area contributed by atoms with E-state index in [0.29, 0.717) is 25.3 Å². The average Bonchev–Trinajstić information content (AvgIpc) is 3.19. The van der Waals surface area contributed by atoms with Crippen LogP contribution in [0.4, 0.5) is 0 Å². The van der Waals surface area contributed by atoms with Crippen LogP contribution in [0.25, 0.3) is 11.4 Å². The molecule has 140 valence electrons. The van der Waals surface area contributed by atoms with E-state index < -0.39 is 5.41 Å². The van der Waals surface area contributed by atoms with Gasteiger partial charge in [-0.05, 0) is 60.7 Å². The number of tetrazole rings is 1. The Kier molecular flexibility index (Phi) is 5.33. The van der Waals surface area contributed by atoms with Crippen LogP contribution in [0.2, 0.25) is 0 Å². The van der Waals surface area contributed by atoms with E-state index in [2.05, 4.69) is 20.6 Å². The molecule has 2 heterocycles. The quantitative estimate of drug-likeness (QED) is 0.721. The maximum absolute atomic E-state index is 12.8. The van der Waals surface area contributed by atoms with E-state index in [9.17, 15) is 15.0 Å². The van der Waals surface area contributed by atoms with Gasteiger partial charge < -0.3 is 15.1 Å². The highest BCUT2D eigenvalue weighted by Gasteiger charge is 2.36. The molecule has 0 saturated carbocycles. The molecule has 1 aliphatic rings. The zero-order chi connectivity index (χ0) is 18.7. The monoisotopic (exact) mass is 359 g/mol. The largest absolute Gasteiger partial charge is 0.396 e. The van der Waals surface area contributed by atoms with Gasteiger partial charge in [0.15, 0.2) is 0 Å². The summed E-state index contributed by atoms with van der Waals surface area (Å²) < 4.78 is 0. The van der Waals surface area contributed by atoms with Crippen molar-refractivity contribution in [2.45, 2.75) is 33.1 Å². The second-order valence-electron chi connectivity index (χ2n) is 7.24. The SMILES string of the molecule is Cc1cc(-c2nn[nH]n2)cc(C)c1CC(=O)N1CCCC(CO)(CO)C1. The first-order valence-corrected chi connectivity index (χ1v) is 8.81. The Labute approximate surface area is 152 Å². The number of rotatable bonds is 5. The van der Waals surface area contributed by atoms with Crippen molar-refractivity contribution in [2.75, 3.05) is 26.3 Å². The number of hydrogen-bond acceptors (Lipinski definition) is 6. The highest BCUT2D eigenvalue weighted by molar-refractivity contribution is 5.80. The minimum Gasteiger partial charge on any atom is -0.396 e. The number of aliphatic hydroxyl groups is 2. The lowest BCUT2D eigenvalue weighted by molar-refractivity contribution is -0.135. The molecule has 8 heteroatoms. The molecule has 0 atom stereocenters. The average molecular weight is 359 g/mol. The Balaban J connectivity index is 1.77. The first-order valence-electron chi connectivity index (χ1n) is 8.81. The first-order chi connectivity index (χ1) is 12.5. The predicted octanol–water partition coefficient (Wildman–Crippen LogP) is 0.619. The summed E-state index contributed by atoms with van der Waals surface area (Å²) in [4.78, 5) is 14.6. The van der Waals surface area contributed by atoms with Crippen LogP contribution in [0.15, 0.2) is 12.1 Å². The zero-order valence-corrected chi connectivity index (χ0v) is 15.2.